The maximum atomic E-state index is 11.5. The fraction of sp³-hybridized carbons (Fsp3) is 0.500. The van der Waals surface area contributed by atoms with Crippen molar-refractivity contribution in [3.63, 3.8) is 0 Å². The summed E-state index contributed by atoms with van der Waals surface area (Å²) in [5.41, 5.74) is 2.57. The van der Waals surface area contributed by atoms with Crippen LogP contribution in [-0.2, 0) is 4.74 Å². The number of hydrogen-bond donors (Lipinski definition) is 1. The lowest BCUT2D eigenvalue weighted by Crippen LogP contribution is -2.23. The molecule has 1 aromatic rings. The topological polar surface area (TPSA) is 62.1 Å². The molecule has 1 rings (SSSR count). The zero-order valence-electron chi connectivity index (χ0n) is 12.6. The van der Waals surface area contributed by atoms with Crippen LogP contribution < -0.4 is 5.32 Å². The maximum Gasteiger partial charge on any atom is 0.337 e. The molecule has 0 radical (unpaired) electrons. The molecule has 0 amide bonds. The number of nitrogens with one attached hydrogen (secondary N) is 1. The first-order valence-corrected chi connectivity index (χ1v) is 6.69. The molecule has 1 N–H and O–H groups in total. The molecule has 0 saturated heterocycles. The van der Waals surface area contributed by atoms with Gasteiger partial charge in [-0.2, -0.15) is 5.26 Å². The van der Waals surface area contributed by atoms with E-state index in [-0.39, 0.29) is 11.4 Å². The van der Waals surface area contributed by atoms with Crippen molar-refractivity contribution in [2.75, 3.05) is 19.0 Å². The minimum Gasteiger partial charge on any atom is -0.465 e. The van der Waals surface area contributed by atoms with Crippen molar-refractivity contribution in [3.05, 3.63) is 29.3 Å². The number of esters is 1. The summed E-state index contributed by atoms with van der Waals surface area (Å²) in [4.78, 5) is 11.5. The van der Waals surface area contributed by atoms with Gasteiger partial charge in [0.15, 0.2) is 0 Å². The average Bonchev–Trinajstić information content (AvgIpc) is 2.43. The number of carbonyl (C=O) groups is 1. The number of benzene rings is 1. The summed E-state index contributed by atoms with van der Waals surface area (Å²) in [6.07, 6.45) is 1.39. The van der Waals surface area contributed by atoms with E-state index in [1.165, 1.54) is 7.11 Å². The second-order valence-corrected chi connectivity index (χ2v) is 5.70. The molecular formula is C16H22N2O2. The fourth-order valence-electron chi connectivity index (χ4n) is 1.87. The molecule has 0 aliphatic carbocycles. The Kier molecular flexibility index (Phi) is 5.57. The van der Waals surface area contributed by atoms with Gasteiger partial charge in [0.05, 0.1) is 18.7 Å². The third kappa shape index (κ3) is 4.58. The van der Waals surface area contributed by atoms with Crippen molar-refractivity contribution in [1.29, 1.82) is 5.26 Å². The predicted octanol–water partition coefficient (Wildman–Crippen LogP) is 3.52. The Balaban J connectivity index is 2.77. The number of aryl methyl sites for hydroxylation is 1. The van der Waals surface area contributed by atoms with Crippen LogP contribution >= 0.6 is 0 Å². The first-order chi connectivity index (χ1) is 9.39. The third-order valence-electron chi connectivity index (χ3n) is 3.33. The van der Waals surface area contributed by atoms with E-state index in [1.807, 2.05) is 19.1 Å². The van der Waals surface area contributed by atoms with Crippen LogP contribution in [0.2, 0.25) is 0 Å². The number of nitriles is 1. The number of ether oxygens (including phenoxy) is 1. The van der Waals surface area contributed by atoms with Gasteiger partial charge in [-0.3, -0.25) is 0 Å². The zero-order valence-corrected chi connectivity index (χ0v) is 12.6. The van der Waals surface area contributed by atoms with E-state index in [0.29, 0.717) is 12.0 Å². The van der Waals surface area contributed by atoms with E-state index in [4.69, 9.17) is 10.00 Å². The third-order valence-corrected chi connectivity index (χ3v) is 3.33. The molecule has 0 bridgehead atoms. The number of anilines is 1. The van der Waals surface area contributed by atoms with Crippen molar-refractivity contribution >= 4 is 11.7 Å². The van der Waals surface area contributed by atoms with Crippen LogP contribution in [-0.4, -0.2) is 19.6 Å². The van der Waals surface area contributed by atoms with Crippen molar-refractivity contribution in [2.24, 2.45) is 5.41 Å². The molecule has 0 fully saturated rings. The molecule has 0 aromatic heterocycles. The molecule has 0 saturated carbocycles. The Hall–Kier alpha value is -2.02. The van der Waals surface area contributed by atoms with Gasteiger partial charge < -0.3 is 10.1 Å². The molecule has 4 heteroatoms. The SMILES string of the molecule is COC(=O)c1ccc(C)c(NCC(C)(C)CCC#N)c1. The Morgan fingerprint density at radius 1 is 1.45 bits per heavy atom. The van der Waals surface area contributed by atoms with Gasteiger partial charge in [-0.15, -0.1) is 0 Å². The number of rotatable bonds is 6. The van der Waals surface area contributed by atoms with Crippen LogP contribution in [0.15, 0.2) is 18.2 Å². The lowest BCUT2D eigenvalue weighted by molar-refractivity contribution is 0.0601. The normalized spacial score (nSPS) is 10.8. The van der Waals surface area contributed by atoms with E-state index in [1.54, 1.807) is 6.07 Å². The fourth-order valence-corrected chi connectivity index (χ4v) is 1.87. The van der Waals surface area contributed by atoms with Gasteiger partial charge in [0.2, 0.25) is 0 Å². The quantitative estimate of drug-likeness (QED) is 0.806. The van der Waals surface area contributed by atoms with Gasteiger partial charge in [-0.05, 0) is 36.5 Å². The molecule has 0 aliphatic heterocycles. The van der Waals surface area contributed by atoms with E-state index in [0.717, 1.165) is 24.2 Å². The van der Waals surface area contributed by atoms with Crippen molar-refractivity contribution < 1.29 is 9.53 Å². The number of hydrogen-bond acceptors (Lipinski definition) is 4. The molecule has 0 spiro atoms. The second kappa shape index (κ2) is 6.95. The van der Waals surface area contributed by atoms with Gasteiger partial charge in [0.1, 0.15) is 0 Å². The Morgan fingerprint density at radius 2 is 2.15 bits per heavy atom. The van der Waals surface area contributed by atoms with Gasteiger partial charge in [-0.25, -0.2) is 4.79 Å². The number of carbonyl (C=O) groups excluding carboxylic acids is 1. The van der Waals surface area contributed by atoms with E-state index in [9.17, 15) is 4.79 Å². The summed E-state index contributed by atoms with van der Waals surface area (Å²) in [5, 5.41) is 12.0. The molecule has 0 aliphatic rings. The minimum absolute atomic E-state index is 0.0312. The molecule has 0 heterocycles. The highest BCUT2D eigenvalue weighted by Gasteiger charge is 2.18. The second-order valence-electron chi connectivity index (χ2n) is 5.70. The first-order valence-electron chi connectivity index (χ1n) is 6.69. The predicted molar refractivity (Wildman–Crippen MR) is 79.6 cm³/mol. The monoisotopic (exact) mass is 274 g/mol. The molecule has 4 nitrogen and oxygen atoms in total. The van der Waals surface area contributed by atoms with Gasteiger partial charge >= 0.3 is 5.97 Å². The highest BCUT2D eigenvalue weighted by atomic mass is 16.5. The highest BCUT2D eigenvalue weighted by Crippen LogP contribution is 2.24. The Morgan fingerprint density at radius 3 is 2.75 bits per heavy atom. The average molecular weight is 274 g/mol. The summed E-state index contributed by atoms with van der Waals surface area (Å²) in [5.74, 6) is -0.336. The first kappa shape index (κ1) is 16.0. The Bertz CT molecular complexity index is 516. The summed E-state index contributed by atoms with van der Waals surface area (Å²) in [7, 11) is 1.38. The van der Waals surface area contributed by atoms with Crippen molar-refractivity contribution in [2.45, 2.75) is 33.6 Å². The smallest absolute Gasteiger partial charge is 0.337 e. The molecule has 0 atom stereocenters. The zero-order chi connectivity index (χ0) is 15.2. The van der Waals surface area contributed by atoms with Crippen LogP contribution in [0.3, 0.4) is 0 Å². The molecule has 0 unspecified atom stereocenters. The van der Waals surface area contributed by atoms with Gasteiger partial charge in [0.25, 0.3) is 0 Å². The summed E-state index contributed by atoms with van der Waals surface area (Å²) in [6, 6.07) is 7.64. The lowest BCUT2D eigenvalue weighted by atomic mass is 9.88. The van der Waals surface area contributed by atoms with E-state index in [2.05, 4.69) is 25.2 Å². The minimum atomic E-state index is -0.336. The molecule has 108 valence electrons. The summed E-state index contributed by atoms with van der Waals surface area (Å²) in [6.45, 7) is 6.99. The summed E-state index contributed by atoms with van der Waals surface area (Å²) >= 11 is 0. The largest absolute Gasteiger partial charge is 0.465 e. The van der Waals surface area contributed by atoms with E-state index >= 15 is 0 Å². The van der Waals surface area contributed by atoms with Crippen LogP contribution in [0.25, 0.3) is 0 Å². The standard InChI is InChI=1S/C16H22N2O2/c1-12-6-7-13(15(19)20-4)10-14(12)18-11-16(2,3)8-5-9-17/h6-7,10,18H,5,8,11H2,1-4H3. The Labute approximate surface area is 120 Å². The van der Waals surface area contributed by atoms with Gasteiger partial charge in [0, 0.05) is 18.7 Å². The lowest BCUT2D eigenvalue weighted by Gasteiger charge is -2.25. The van der Waals surface area contributed by atoms with Crippen molar-refractivity contribution in [3.8, 4) is 6.07 Å². The molecular weight excluding hydrogens is 252 g/mol. The van der Waals surface area contributed by atoms with Gasteiger partial charge in [-0.1, -0.05) is 19.9 Å². The molecule has 1 aromatic carbocycles. The summed E-state index contributed by atoms with van der Waals surface area (Å²) < 4.78 is 4.73. The number of nitrogens with zero attached hydrogens (tertiary/aromatic N) is 1. The van der Waals surface area contributed by atoms with E-state index < -0.39 is 0 Å². The molecule has 20 heavy (non-hydrogen) atoms. The van der Waals surface area contributed by atoms with Crippen LogP contribution in [0.4, 0.5) is 5.69 Å². The van der Waals surface area contributed by atoms with Crippen LogP contribution in [0.1, 0.15) is 42.6 Å². The highest BCUT2D eigenvalue weighted by molar-refractivity contribution is 5.90. The maximum absolute atomic E-state index is 11.5. The van der Waals surface area contributed by atoms with Crippen molar-refractivity contribution in [1.82, 2.24) is 0 Å². The number of methoxy groups -OCH3 is 1. The van der Waals surface area contributed by atoms with Crippen LogP contribution in [0, 0.1) is 23.7 Å². The van der Waals surface area contributed by atoms with Crippen LogP contribution in [0.5, 0.6) is 0 Å².